The topological polar surface area (TPSA) is 55.1 Å². The van der Waals surface area contributed by atoms with E-state index in [1.165, 1.54) is 5.56 Å². The minimum absolute atomic E-state index is 0.0578. The number of nitrogens with two attached hydrogens (primary N) is 1. The third kappa shape index (κ3) is 1.53. The summed E-state index contributed by atoms with van der Waals surface area (Å²) in [6.45, 7) is 2.04. The Bertz CT molecular complexity index is 366. The molecule has 0 spiro atoms. The van der Waals surface area contributed by atoms with Crippen LogP contribution in [-0.4, -0.2) is 5.91 Å². The van der Waals surface area contributed by atoms with Crippen LogP contribution in [0.5, 0.6) is 0 Å². The molecule has 3 nitrogen and oxygen atoms in total. The van der Waals surface area contributed by atoms with Crippen LogP contribution in [0.15, 0.2) is 24.3 Å². The van der Waals surface area contributed by atoms with Gasteiger partial charge in [-0.2, -0.15) is 0 Å². The maximum Gasteiger partial charge on any atom is 0.244 e. The summed E-state index contributed by atoms with van der Waals surface area (Å²) in [5.41, 5.74) is 4.22. The second-order valence-electron chi connectivity index (χ2n) is 4.28. The number of carbonyl (C=O) groups is 1. The lowest BCUT2D eigenvalue weighted by Crippen LogP contribution is -2.51. The van der Waals surface area contributed by atoms with Crippen LogP contribution in [0.3, 0.4) is 0 Å². The minimum atomic E-state index is -0.359. The molecule has 15 heavy (non-hydrogen) atoms. The lowest BCUT2D eigenvalue weighted by molar-refractivity contribution is -0.130. The van der Waals surface area contributed by atoms with Gasteiger partial charge in [-0.3, -0.25) is 10.2 Å². The molecular formula is C12H16N2O. The lowest BCUT2D eigenvalue weighted by atomic mass is 9.64. The molecule has 0 atom stereocenters. The number of nitrogens with one attached hydrogen (secondary N) is 1. The summed E-state index contributed by atoms with van der Waals surface area (Å²) in [5, 5.41) is 0. The molecule has 80 valence electrons. The zero-order chi connectivity index (χ0) is 10.9. The molecule has 1 aromatic rings. The normalized spacial score (nSPS) is 18.0. The Morgan fingerprint density at radius 2 is 1.93 bits per heavy atom. The summed E-state index contributed by atoms with van der Waals surface area (Å²) in [7, 11) is 0. The smallest absolute Gasteiger partial charge is 0.244 e. The monoisotopic (exact) mass is 204 g/mol. The second-order valence-corrected chi connectivity index (χ2v) is 4.28. The van der Waals surface area contributed by atoms with Gasteiger partial charge in [0.1, 0.15) is 0 Å². The molecule has 3 N–H and O–H groups in total. The van der Waals surface area contributed by atoms with Crippen molar-refractivity contribution < 1.29 is 4.79 Å². The van der Waals surface area contributed by atoms with Crippen LogP contribution >= 0.6 is 0 Å². The van der Waals surface area contributed by atoms with Gasteiger partial charge in [-0.15, -0.1) is 0 Å². The zero-order valence-corrected chi connectivity index (χ0v) is 8.92. The zero-order valence-electron chi connectivity index (χ0n) is 8.92. The molecule has 0 aliphatic heterocycles. The predicted molar refractivity (Wildman–Crippen MR) is 59.0 cm³/mol. The Balaban J connectivity index is 2.34. The van der Waals surface area contributed by atoms with Crippen molar-refractivity contribution in [1.29, 1.82) is 0 Å². The van der Waals surface area contributed by atoms with Crippen molar-refractivity contribution in [2.75, 3.05) is 0 Å². The van der Waals surface area contributed by atoms with Crippen molar-refractivity contribution in [2.45, 2.75) is 31.6 Å². The molecule has 0 saturated heterocycles. The molecule has 1 aromatic carbocycles. The molecule has 0 unspecified atom stereocenters. The number of benzene rings is 1. The number of hydrazine groups is 1. The van der Waals surface area contributed by atoms with Gasteiger partial charge in [0.2, 0.25) is 5.91 Å². The van der Waals surface area contributed by atoms with Crippen molar-refractivity contribution in [3.05, 3.63) is 35.4 Å². The van der Waals surface area contributed by atoms with E-state index >= 15 is 0 Å². The third-order valence-corrected chi connectivity index (χ3v) is 3.38. The van der Waals surface area contributed by atoms with E-state index < -0.39 is 0 Å². The molecule has 1 aliphatic rings. The van der Waals surface area contributed by atoms with Gasteiger partial charge >= 0.3 is 0 Å². The number of hydrogen-bond acceptors (Lipinski definition) is 2. The van der Waals surface area contributed by atoms with Crippen LogP contribution in [0.4, 0.5) is 0 Å². The van der Waals surface area contributed by atoms with Crippen LogP contribution in [0.1, 0.15) is 30.4 Å². The van der Waals surface area contributed by atoms with Crippen LogP contribution in [-0.2, 0) is 10.2 Å². The molecule has 1 amide bonds. The molecular weight excluding hydrogens is 188 g/mol. The highest BCUT2D eigenvalue weighted by Gasteiger charge is 2.45. The molecule has 1 aliphatic carbocycles. The van der Waals surface area contributed by atoms with Crippen LogP contribution in [0, 0.1) is 6.92 Å². The summed E-state index contributed by atoms with van der Waals surface area (Å²) in [4.78, 5) is 11.8. The maximum atomic E-state index is 11.8. The Morgan fingerprint density at radius 3 is 2.33 bits per heavy atom. The van der Waals surface area contributed by atoms with E-state index in [9.17, 15) is 4.79 Å². The molecule has 3 heteroatoms. The molecule has 1 fully saturated rings. The van der Waals surface area contributed by atoms with Gasteiger partial charge in [-0.1, -0.05) is 36.2 Å². The van der Waals surface area contributed by atoms with Gasteiger partial charge in [0.15, 0.2) is 0 Å². The third-order valence-electron chi connectivity index (χ3n) is 3.38. The van der Waals surface area contributed by atoms with E-state index in [0.29, 0.717) is 0 Å². The first-order valence-electron chi connectivity index (χ1n) is 5.27. The first-order valence-corrected chi connectivity index (χ1v) is 5.27. The quantitative estimate of drug-likeness (QED) is 0.435. The van der Waals surface area contributed by atoms with E-state index in [0.717, 1.165) is 24.8 Å². The summed E-state index contributed by atoms with van der Waals surface area (Å²) in [6, 6.07) is 8.14. The van der Waals surface area contributed by atoms with Crippen molar-refractivity contribution in [2.24, 2.45) is 5.84 Å². The second kappa shape index (κ2) is 3.66. The number of hydrogen-bond donors (Lipinski definition) is 2. The van der Waals surface area contributed by atoms with Gasteiger partial charge in [0.05, 0.1) is 5.41 Å². The molecule has 0 aromatic heterocycles. The van der Waals surface area contributed by atoms with Crippen LogP contribution < -0.4 is 11.3 Å². The van der Waals surface area contributed by atoms with Crippen molar-refractivity contribution >= 4 is 5.91 Å². The van der Waals surface area contributed by atoms with Gasteiger partial charge in [0, 0.05) is 0 Å². The number of rotatable bonds is 2. The maximum absolute atomic E-state index is 11.8. The summed E-state index contributed by atoms with van der Waals surface area (Å²) in [6.07, 6.45) is 2.90. The van der Waals surface area contributed by atoms with E-state index in [-0.39, 0.29) is 11.3 Å². The average Bonchev–Trinajstić information content (AvgIpc) is 2.19. The van der Waals surface area contributed by atoms with Crippen molar-refractivity contribution in [1.82, 2.24) is 5.43 Å². The fraction of sp³-hybridized carbons (Fsp3) is 0.417. The Morgan fingerprint density at radius 1 is 1.33 bits per heavy atom. The standard InChI is InChI=1S/C12H16N2O/c1-9-3-5-10(6-4-9)12(7-2-8-12)11(15)14-13/h3-6H,2,7-8,13H2,1H3,(H,14,15). The first-order chi connectivity index (χ1) is 7.19. The van der Waals surface area contributed by atoms with E-state index in [1.807, 2.05) is 31.2 Å². The highest BCUT2D eigenvalue weighted by Crippen LogP contribution is 2.43. The van der Waals surface area contributed by atoms with Gasteiger partial charge in [0.25, 0.3) is 0 Å². The number of amides is 1. The molecule has 0 heterocycles. The highest BCUT2D eigenvalue weighted by atomic mass is 16.2. The van der Waals surface area contributed by atoms with E-state index in [1.54, 1.807) is 0 Å². The Labute approximate surface area is 89.6 Å². The lowest BCUT2D eigenvalue weighted by Gasteiger charge is -2.40. The van der Waals surface area contributed by atoms with Gasteiger partial charge in [-0.05, 0) is 25.3 Å². The Hall–Kier alpha value is -1.35. The van der Waals surface area contributed by atoms with Gasteiger partial charge < -0.3 is 0 Å². The summed E-state index contributed by atoms with van der Waals surface area (Å²) in [5.74, 6) is 5.18. The molecule has 0 radical (unpaired) electrons. The summed E-state index contributed by atoms with van der Waals surface area (Å²) < 4.78 is 0. The predicted octanol–water partition coefficient (Wildman–Crippen LogP) is 1.41. The largest absolute Gasteiger partial charge is 0.293 e. The summed E-state index contributed by atoms with van der Waals surface area (Å²) >= 11 is 0. The fourth-order valence-electron chi connectivity index (χ4n) is 2.19. The number of aryl methyl sites for hydroxylation is 1. The molecule has 2 rings (SSSR count). The van der Waals surface area contributed by atoms with Crippen molar-refractivity contribution in [3.63, 3.8) is 0 Å². The molecule has 1 saturated carbocycles. The van der Waals surface area contributed by atoms with E-state index in [2.05, 4.69) is 5.43 Å². The fourth-order valence-corrected chi connectivity index (χ4v) is 2.19. The Kier molecular flexibility index (Phi) is 2.49. The number of carbonyl (C=O) groups excluding carboxylic acids is 1. The minimum Gasteiger partial charge on any atom is -0.293 e. The van der Waals surface area contributed by atoms with Crippen LogP contribution in [0.25, 0.3) is 0 Å². The molecule has 0 bridgehead atoms. The van der Waals surface area contributed by atoms with Crippen LogP contribution in [0.2, 0.25) is 0 Å². The van der Waals surface area contributed by atoms with E-state index in [4.69, 9.17) is 5.84 Å². The highest BCUT2D eigenvalue weighted by molar-refractivity contribution is 5.88. The van der Waals surface area contributed by atoms with Crippen molar-refractivity contribution in [3.8, 4) is 0 Å². The first kappa shape index (κ1) is 10.2. The SMILES string of the molecule is Cc1ccc(C2(C(=O)NN)CCC2)cc1. The average molecular weight is 204 g/mol. The van der Waals surface area contributed by atoms with Gasteiger partial charge in [-0.25, -0.2) is 5.84 Å².